The highest BCUT2D eigenvalue weighted by Crippen LogP contribution is 2.22. The summed E-state index contributed by atoms with van der Waals surface area (Å²) in [5.41, 5.74) is -1.21. The van der Waals surface area contributed by atoms with Gasteiger partial charge in [0.25, 0.3) is 6.43 Å². The first-order chi connectivity index (χ1) is 18.3. The van der Waals surface area contributed by atoms with Gasteiger partial charge in [0.15, 0.2) is 0 Å². The van der Waals surface area contributed by atoms with Crippen molar-refractivity contribution in [3.63, 3.8) is 0 Å². The van der Waals surface area contributed by atoms with Crippen LogP contribution in [0.1, 0.15) is 25.8 Å². The number of amides is 3. The highest BCUT2D eigenvalue weighted by Gasteiger charge is 2.32. The fourth-order valence-corrected chi connectivity index (χ4v) is 4.03. The summed E-state index contributed by atoms with van der Waals surface area (Å²) in [6, 6.07) is 7.29. The number of anilines is 1. The van der Waals surface area contributed by atoms with E-state index in [1.807, 2.05) is 0 Å². The van der Waals surface area contributed by atoms with Gasteiger partial charge in [0.2, 0.25) is 0 Å². The lowest BCUT2D eigenvalue weighted by Gasteiger charge is -2.34. The summed E-state index contributed by atoms with van der Waals surface area (Å²) in [6.07, 6.45) is -2.77. The van der Waals surface area contributed by atoms with E-state index in [1.165, 1.54) is 56.4 Å². The molecule has 13 heteroatoms. The number of rotatable bonds is 10. The molecule has 0 aliphatic rings. The third kappa shape index (κ3) is 8.96. The Morgan fingerprint density at radius 1 is 1.15 bits per heavy atom. The second kappa shape index (κ2) is 12.9. The van der Waals surface area contributed by atoms with Gasteiger partial charge in [-0.3, -0.25) is 5.32 Å². The number of benzene rings is 2. The molecular formula is C26H27ClF4N4O4. The van der Waals surface area contributed by atoms with Crippen molar-refractivity contribution in [3.05, 3.63) is 70.9 Å². The zero-order valence-corrected chi connectivity index (χ0v) is 21.8. The van der Waals surface area contributed by atoms with Crippen molar-refractivity contribution in [2.45, 2.75) is 44.9 Å². The number of fused-ring (bicyclic) bond motifs is 1. The van der Waals surface area contributed by atoms with Gasteiger partial charge in [-0.25, -0.2) is 32.1 Å². The van der Waals surface area contributed by atoms with Gasteiger partial charge in [0.1, 0.15) is 24.1 Å². The number of urea groups is 1. The van der Waals surface area contributed by atoms with Gasteiger partial charge in [0.05, 0.1) is 23.2 Å². The molecule has 0 radical (unpaired) electrons. The Morgan fingerprint density at radius 3 is 2.59 bits per heavy atom. The Labute approximate surface area is 226 Å². The number of hydrogen-bond acceptors (Lipinski definition) is 5. The van der Waals surface area contributed by atoms with E-state index in [9.17, 15) is 32.3 Å². The van der Waals surface area contributed by atoms with Gasteiger partial charge in [-0.2, -0.15) is 0 Å². The van der Waals surface area contributed by atoms with Crippen LogP contribution >= 0.6 is 11.6 Å². The summed E-state index contributed by atoms with van der Waals surface area (Å²) in [5, 5.41) is 16.0. The second-order valence-electron chi connectivity index (χ2n) is 9.37. The molecule has 0 spiro atoms. The molecule has 1 heterocycles. The maximum absolute atomic E-state index is 13.7. The fourth-order valence-electron chi connectivity index (χ4n) is 3.83. The molecule has 0 bridgehead atoms. The van der Waals surface area contributed by atoms with Crippen LogP contribution in [0.5, 0.6) is 0 Å². The van der Waals surface area contributed by atoms with Crippen LogP contribution in [-0.2, 0) is 11.3 Å². The maximum atomic E-state index is 13.7. The predicted molar refractivity (Wildman–Crippen MR) is 138 cm³/mol. The van der Waals surface area contributed by atoms with E-state index >= 15 is 0 Å². The van der Waals surface area contributed by atoms with E-state index in [1.54, 1.807) is 0 Å². The molecule has 0 saturated heterocycles. The molecule has 0 aliphatic heterocycles. The Balaban J connectivity index is 1.72. The molecule has 1 aromatic heterocycles. The van der Waals surface area contributed by atoms with Crippen LogP contribution in [-0.4, -0.2) is 58.3 Å². The van der Waals surface area contributed by atoms with Crippen LogP contribution < -0.4 is 10.6 Å². The molecule has 0 unspecified atom stereocenters. The molecule has 0 saturated carbocycles. The topological polar surface area (TPSA) is 104 Å². The van der Waals surface area contributed by atoms with Crippen molar-refractivity contribution in [2.24, 2.45) is 0 Å². The molecule has 0 aliphatic carbocycles. The third-order valence-corrected chi connectivity index (χ3v) is 5.98. The van der Waals surface area contributed by atoms with E-state index < -0.39 is 55.0 Å². The number of halogens is 5. The number of alkyl halides is 2. The van der Waals surface area contributed by atoms with Gasteiger partial charge in [-0.15, -0.1) is 0 Å². The van der Waals surface area contributed by atoms with E-state index in [0.717, 1.165) is 11.0 Å². The van der Waals surface area contributed by atoms with Crippen molar-refractivity contribution in [3.8, 4) is 0 Å². The number of nitrogens with one attached hydrogen (secondary N) is 2. The minimum Gasteiger partial charge on any atom is -0.447 e. The van der Waals surface area contributed by atoms with Crippen LogP contribution in [0.4, 0.5) is 33.0 Å². The first-order valence-corrected chi connectivity index (χ1v) is 12.2. The molecule has 39 heavy (non-hydrogen) atoms. The van der Waals surface area contributed by atoms with Crippen LogP contribution in [0.2, 0.25) is 5.02 Å². The quantitative estimate of drug-likeness (QED) is 0.270. The number of aromatic nitrogens is 1. The lowest BCUT2D eigenvalue weighted by atomic mass is 9.98. The normalized spacial score (nSPS) is 12.3. The van der Waals surface area contributed by atoms with Crippen molar-refractivity contribution >= 4 is 40.3 Å². The predicted octanol–water partition coefficient (Wildman–Crippen LogP) is 5.72. The number of carbonyl (C=O) groups excluding carboxylic acids is 2. The molecule has 210 valence electrons. The Kier molecular flexibility index (Phi) is 9.92. The van der Waals surface area contributed by atoms with Gasteiger partial charge in [0, 0.05) is 18.1 Å². The number of carbonyl (C=O) groups is 2. The monoisotopic (exact) mass is 570 g/mol. The minimum absolute atomic E-state index is 0.0475. The Hall–Kier alpha value is -3.64. The number of hydrogen-bond donors (Lipinski definition) is 3. The fraction of sp³-hybridized carbons (Fsp3) is 0.346. The van der Waals surface area contributed by atoms with Gasteiger partial charge >= 0.3 is 12.1 Å². The van der Waals surface area contributed by atoms with E-state index in [0.29, 0.717) is 10.8 Å². The molecule has 3 rings (SSSR count). The summed E-state index contributed by atoms with van der Waals surface area (Å²) < 4.78 is 59.3. The van der Waals surface area contributed by atoms with E-state index in [4.69, 9.17) is 16.3 Å². The van der Waals surface area contributed by atoms with Crippen molar-refractivity contribution in [1.82, 2.24) is 15.2 Å². The molecule has 3 amide bonds. The van der Waals surface area contributed by atoms with Gasteiger partial charge < -0.3 is 20.1 Å². The Morgan fingerprint density at radius 2 is 1.90 bits per heavy atom. The molecule has 8 nitrogen and oxygen atoms in total. The molecular weight excluding hydrogens is 544 g/mol. The van der Waals surface area contributed by atoms with E-state index in [2.05, 4.69) is 15.6 Å². The van der Waals surface area contributed by atoms with Gasteiger partial charge in [-0.1, -0.05) is 23.7 Å². The SMILES string of the molecule is CC(C)(O)C[C@@H](COC(=O)Nc1cc2cc(F)ccc2cn1)N(CC(F)F)C(=O)NCc1cccc(F)c1Cl. The molecule has 1 atom stereocenters. The number of nitrogens with zero attached hydrogens (tertiary/aromatic N) is 2. The second-order valence-corrected chi connectivity index (χ2v) is 9.75. The standard InChI is InChI=1S/C26H27ClF4N4O4/c1-26(2,38)10-19(14-39-25(37)34-22-9-17-8-18(28)7-6-15(17)11-32-22)35(13-21(30)31)24(36)33-12-16-4-3-5-20(29)23(16)27/h3-9,11,19,21,38H,10,12-14H2,1-2H3,(H,33,36)(H,32,34,37)/t19-/m0/s1. The average molecular weight is 571 g/mol. The summed E-state index contributed by atoms with van der Waals surface area (Å²) >= 11 is 5.90. The van der Waals surface area contributed by atoms with Crippen LogP contribution in [0, 0.1) is 11.6 Å². The van der Waals surface area contributed by atoms with Crippen LogP contribution in [0.15, 0.2) is 48.7 Å². The van der Waals surface area contributed by atoms with Crippen LogP contribution in [0.3, 0.4) is 0 Å². The summed E-state index contributed by atoms with van der Waals surface area (Å²) in [4.78, 5) is 30.2. The lowest BCUT2D eigenvalue weighted by molar-refractivity contribution is 0.00714. The summed E-state index contributed by atoms with van der Waals surface area (Å²) in [5.74, 6) is -1.14. The van der Waals surface area contributed by atoms with Crippen molar-refractivity contribution in [1.29, 1.82) is 0 Å². The lowest BCUT2D eigenvalue weighted by Crippen LogP contribution is -2.52. The molecule has 3 aromatic rings. The van der Waals surface area contributed by atoms with E-state index in [-0.39, 0.29) is 29.4 Å². The smallest absolute Gasteiger partial charge is 0.412 e. The third-order valence-electron chi connectivity index (χ3n) is 5.55. The maximum Gasteiger partial charge on any atom is 0.412 e. The zero-order chi connectivity index (χ0) is 28.7. The first-order valence-electron chi connectivity index (χ1n) is 11.8. The first kappa shape index (κ1) is 29.9. The number of aliphatic hydroxyl groups is 1. The summed E-state index contributed by atoms with van der Waals surface area (Å²) in [7, 11) is 0. The summed E-state index contributed by atoms with van der Waals surface area (Å²) in [6.45, 7) is 0.956. The molecule has 0 fully saturated rings. The van der Waals surface area contributed by atoms with Crippen molar-refractivity contribution < 1.29 is 37.0 Å². The Bertz CT molecular complexity index is 1320. The number of pyridine rings is 1. The average Bonchev–Trinajstić information content (AvgIpc) is 2.85. The van der Waals surface area contributed by atoms with Gasteiger partial charge in [-0.05, 0) is 61.5 Å². The molecule has 3 N–H and O–H groups in total. The highest BCUT2D eigenvalue weighted by atomic mass is 35.5. The number of ether oxygens (including phenoxy) is 1. The highest BCUT2D eigenvalue weighted by molar-refractivity contribution is 6.31. The molecule has 2 aromatic carbocycles. The zero-order valence-electron chi connectivity index (χ0n) is 21.1. The largest absolute Gasteiger partial charge is 0.447 e. The van der Waals surface area contributed by atoms with Crippen LogP contribution in [0.25, 0.3) is 10.8 Å². The minimum atomic E-state index is -2.95. The van der Waals surface area contributed by atoms with Crippen molar-refractivity contribution in [2.75, 3.05) is 18.5 Å².